The van der Waals surface area contributed by atoms with Crippen molar-refractivity contribution in [1.29, 1.82) is 0 Å². The molecule has 5 aromatic rings. The molecule has 0 saturated carbocycles. The Morgan fingerprint density at radius 3 is 2.19 bits per heavy atom. The minimum atomic E-state index is 0.0552. The predicted octanol–water partition coefficient (Wildman–Crippen LogP) is 6.33. The number of ketones is 1. The van der Waals surface area contributed by atoms with Gasteiger partial charge in [0.2, 0.25) is 0 Å². The minimum absolute atomic E-state index is 0.0552. The number of anilines is 1. The molecular formula is C28H20N2O. The number of carbonyl (C=O) groups excluding carboxylic acids is 1. The van der Waals surface area contributed by atoms with E-state index in [1.807, 2.05) is 44.4 Å². The van der Waals surface area contributed by atoms with Crippen molar-refractivity contribution in [3.05, 3.63) is 96.1 Å². The van der Waals surface area contributed by atoms with Crippen molar-refractivity contribution in [2.24, 2.45) is 0 Å². The Bertz CT molecular complexity index is 1510. The third kappa shape index (κ3) is 2.53. The second-order valence-corrected chi connectivity index (χ2v) is 8.21. The molecule has 1 aliphatic rings. The molecule has 6 rings (SSSR count). The summed E-state index contributed by atoms with van der Waals surface area (Å²) in [7, 11) is 4.04. The van der Waals surface area contributed by atoms with Gasteiger partial charge in [0.15, 0.2) is 5.78 Å². The molecule has 3 heteroatoms. The molecule has 0 bridgehead atoms. The molecule has 0 fully saturated rings. The van der Waals surface area contributed by atoms with Gasteiger partial charge >= 0.3 is 0 Å². The number of pyridine rings is 1. The summed E-state index contributed by atoms with van der Waals surface area (Å²) in [4.78, 5) is 20.7. The molecule has 0 atom stereocenters. The standard InChI is InChI=1S/C28H20N2O/c1-30(2)19-14-11-18(12-15-19)27-26-25(21-9-5-6-10-22(21)28(26)31)24-20-8-4-3-7-17(20)13-16-23(24)29-27/h3-16H,1-2H3. The first-order valence-corrected chi connectivity index (χ1v) is 10.4. The highest BCUT2D eigenvalue weighted by molar-refractivity contribution is 6.30. The van der Waals surface area contributed by atoms with Gasteiger partial charge in [-0.05, 0) is 34.5 Å². The Balaban J connectivity index is 1.76. The zero-order chi connectivity index (χ0) is 21.1. The van der Waals surface area contributed by atoms with Gasteiger partial charge in [0.05, 0.1) is 16.8 Å². The Kier molecular flexibility index (Phi) is 3.75. The van der Waals surface area contributed by atoms with Crippen LogP contribution in [0.4, 0.5) is 5.69 Å². The van der Waals surface area contributed by atoms with E-state index >= 15 is 0 Å². The molecule has 0 spiro atoms. The highest BCUT2D eigenvalue weighted by Gasteiger charge is 2.32. The van der Waals surface area contributed by atoms with Gasteiger partial charge in [-0.3, -0.25) is 4.79 Å². The molecule has 0 aliphatic heterocycles. The van der Waals surface area contributed by atoms with E-state index in [2.05, 4.69) is 59.5 Å². The summed E-state index contributed by atoms with van der Waals surface area (Å²) in [5, 5.41) is 3.33. The summed E-state index contributed by atoms with van der Waals surface area (Å²) in [6.45, 7) is 0. The SMILES string of the molecule is CN(C)c1ccc(-c2nc3ccc4ccccc4c3c3c2C(=O)c2ccccc2-3)cc1. The molecule has 0 saturated heterocycles. The van der Waals surface area contributed by atoms with Gasteiger partial charge in [-0.2, -0.15) is 0 Å². The minimum Gasteiger partial charge on any atom is -0.378 e. The number of rotatable bonds is 2. The summed E-state index contributed by atoms with van der Waals surface area (Å²) in [6.07, 6.45) is 0. The lowest BCUT2D eigenvalue weighted by Crippen LogP contribution is -2.08. The van der Waals surface area contributed by atoms with Crippen molar-refractivity contribution in [2.75, 3.05) is 19.0 Å². The first-order chi connectivity index (χ1) is 15.1. The van der Waals surface area contributed by atoms with E-state index < -0.39 is 0 Å². The largest absolute Gasteiger partial charge is 0.378 e. The molecule has 0 radical (unpaired) electrons. The van der Waals surface area contributed by atoms with Crippen molar-refractivity contribution in [3.63, 3.8) is 0 Å². The monoisotopic (exact) mass is 400 g/mol. The molecule has 1 aromatic heterocycles. The van der Waals surface area contributed by atoms with Crippen LogP contribution in [0.2, 0.25) is 0 Å². The van der Waals surface area contributed by atoms with Crippen molar-refractivity contribution < 1.29 is 4.79 Å². The van der Waals surface area contributed by atoms with Gasteiger partial charge in [-0.1, -0.05) is 66.7 Å². The van der Waals surface area contributed by atoms with Crippen LogP contribution in [-0.2, 0) is 0 Å². The van der Waals surface area contributed by atoms with E-state index in [9.17, 15) is 4.79 Å². The maximum absolute atomic E-state index is 13.6. The summed E-state index contributed by atoms with van der Waals surface area (Å²) in [6, 6.07) is 28.7. The summed E-state index contributed by atoms with van der Waals surface area (Å²) < 4.78 is 0. The van der Waals surface area contributed by atoms with Crippen LogP contribution in [0.1, 0.15) is 15.9 Å². The predicted molar refractivity (Wildman–Crippen MR) is 128 cm³/mol. The molecule has 148 valence electrons. The normalized spacial score (nSPS) is 12.3. The first kappa shape index (κ1) is 17.8. The number of hydrogen-bond acceptors (Lipinski definition) is 3. The topological polar surface area (TPSA) is 33.2 Å². The second-order valence-electron chi connectivity index (χ2n) is 8.21. The van der Waals surface area contributed by atoms with Gasteiger partial charge in [0.25, 0.3) is 0 Å². The van der Waals surface area contributed by atoms with E-state index in [0.717, 1.165) is 55.3 Å². The second kappa shape index (κ2) is 6.51. The maximum Gasteiger partial charge on any atom is 0.196 e. The van der Waals surface area contributed by atoms with Gasteiger partial charge in [0.1, 0.15) is 0 Å². The van der Waals surface area contributed by atoms with Crippen molar-refractivity contribution >= 4 is 33.1 Å². The zero-order valence-electron chi connectivity index (χ0n) is 17.4. The molecule has 1 aliphatic carbocycles. The molecule has 0 amide bonds. The lowest BCUT2D eigenvalue weighted by atomic mass is 9.93. The maximum atomic E-state index is 13.6. The Hall–Kier alpha value is -3.98. The fourth-order valence-corrected chi connectivity index (χ4v) is 4.69. The quantitative estimate of drug-likeness (QED) is 0.318. The smallest absolute Gasteiger partial charge is 0.196 e. The van der Waals surface area contributed by atoms with Crippen LogP contribution in [0, 0.1) is 0 Å². The average molecular weight is 400 g/mol. The summed E-state index contributed by atoms with van der Waals surface area (Å²) in [5.41, 5.74) is 7.21. The van der Waals surface area contributed by atoms with Crippen LogP contribution < -0.4 is 4.90 Å². The van der Waals surface area contributed by atoms with E-state index in [4.69, 9.17) is 4.98 Å². The molecule has 31 heavy (non-hydrogen) atoms. The van der Waals surface area contributed by atoms with Crippen LogP contribution >= 0.6 is 0 Å². The van der Waals surface area contributed by atoms with Crippen LogP contribution in [0.15, 0.2) is 84.9 Å². The van der Waals surface area contributed by atoms with Crippen molar-refractivity contribution in [1.82, 2.24) is 4.98 Å². The summed E-state index contributed by atoms with van der Waals surface area (Å²) in [5.74, 6) is 0.0552. The molecule has 0 N–H and O–H groups in total. The number of benzene rings is 4. The number of aromatic nitrogens is 1. The molecule has 3 nitrogen and oxygen atoms in total. The number of fused-ring (bicyclic) bond motifs is 7. The van der Waals surface area contributed by atoms with E-state index in [1.54, 1.807) is 0 Å². The molecular weight excluding hydrogens is 380 g/mol. The number of carbonyl (C=O) groups is 1. The third-order valence-corrected chi connectivity index (χ3v) is 6.20. The van der Waals surface area contributed by atoms with Gasteiger partial charge in [-0.15, -0.1) is 0 Å². The van der Waals surface area contributed by atoms with Gasteiger partial charge in [-0.25, -0.2) is 4.98 Å². The Labute approximate surface area is 180 Å². The third-order valence-electron chi connectivity index (χ3n) is 6.20. The van der Waals surface area contributed by atoms with Gasteiger partial charge in [0, 0.05) is 41.9 Å². The molecule has 1 heterocycles. The van der Waals surface area contributed by atoms with Crippen LogP contribution in [-0.4, -0.2) is 24.9 Å². The summed E-state index contributed by atoms with van der Waals surface area (Å²) >= 11 is 0. The number of nitrogens with zero attached hydrogens (tertiary/aromatic N) is 2. The van der Waals surface area contributed by atoms with E-state index in [0.29, 0.717) is 5.56 Å². The Morgan fingerprint density at radius 1 is 0.710 bits per heavy atom. The average Bonchev–Trinajstić information content (AvgIpc) is 3.11. The first-order valence-electron chi connectivity index (χ1n) is 10.4. The van der Waals surface area contributed by atoms with Crippen molar-refractivity contribution in [3.8, 4) is 22.4 Å². The zero-order valence-corrected chi connectivity index (χ0v) is 17.4. The molecule has 0 unspecified atom stereocenters. The van der Waals surface area contributed by atoms with E-state index in [-0.39, 0.29) is 5.78 Å². The van der Waals surface area contributed by atoms with Crippen molar-refractivity contribution in [2.45, 2.75) is 0 Å². The number of hydrogen-bond donors (Lipinski definition) is 0. The van der Waals surface area contributed by atoms with Crippen LogP contribution in [0.25, 0.3) is 44.1 Å². The van der Waals surface area contributed by atoms with Crippen LogP contribution in [0.3, 0.4) is 0 Å². The van der Waals surface area contributed by atoms with Gasteiger partial charge < -0.3 is 4.90 Å². The lowest BCUT2D eigenvalue weighted by molar-refractivity contribution is 0.104. The molecule has 4 aromatic carbocycles. The highest BCUT2D eigenvalue weighted by Crippen LogP contribution is 2.46. The van der Waals surface area contributed by atoms with E-state index in [1.165, 1.54) is 0 Å². The fourth-order valence-electron chi connectivity index (χ4n) is 4.69. The highest BCUT2D eigenvalue weighted by atomic mass is 16.1. The van der Waals surface area contributed by atoms with Crippen LogP contribution in [0.5, 0.6) is 0 Å². The lowest BCUT2D eigenvalue weighted by Gasteiger charge is -2.15. The fraction of sp³-hybridized carbons (Fsp3) is 0.0714. The Morgan fingerprint density at radius 2 is 1.42 bits per heavy atom.